The third-order valence-corrected chi connectivity index (χ3v) is 2.47. The van der Waals surface area contributed by atoms with Crippen LogP contribution in [0.3, 0.4) is 0 Å². The third-order valence-electron chi connectivity index (χ3n) is 2.27. The van der Waals surface area contributed by atoms with Gasteiger partial charge in [-0.1, -0.05) is 31.5 Å². The van der Waals surface area contributed by atoms with Crippen LogP contribution in [0.2, 0.25) is 0 Å². The molecule has 0 aromatic heterocycles. The molecule has 0 saturated carbocycles. The maximum Gasteiger partial charge on any atom is 0.191 e. The van der Waals surface area contributed by atoms with Crippen LogP contribution in [0.1, 0.15) is 33.1 Å². The second kappa shape index (κ2) is 7.79. The van der Waals surface area contributed by atoms with Gasteiger partial charge >= 0.3 is 0 Å². The van der Waals surface area contributed by atoms with Gasteiger partial charge in [0.1, 0.15) is 0 Å². The van der Waals surface area contributed by atoms with Crippen molar-refractivity contribution in [1.29, 1.82) is 0 Å². The average molecular weight is 249 g/mol. The van der Waals surface area contributed by atoms with E-state index in [0.29, 0.717) is 5.11 Å². The lowest BCUT2D eigenvalue weighted by Gasteiger charge is -2.07. The highest BCUT2D eigenvalue weighted by molar-refractivity contribution is 7.80. The lowest BCUT2D eigenvalue weighted by molar-refractivity contribution is 0.825. The Morgan fingerprint density at radius 3 is 2.65 bits per heavy atom. The Labute approximate surface area is 108 Å². The highest BCUT2D eigenvalue weighted by Gasteiger charge is 1.95. The second-order valence-corrected chi connectivity index (χ2v) is 4.29. The van der Waals surface area contributed by atoms with E-state index in [4.69, 9.17) is 12.2 Å². The molecule has 92 valence electrons. The van der Waals surface area contributed by atoms with E-state index in [1.54, 1.807) is 0 Å². The molecule has 0 bridgehead atoms. The molecule has 1 rings (SSSR count). The van der Waals surface area contributed by atoms with Crippen LogP contribution in [-0.2, 0) is 0 Å². The summed E-state index contributed by atoms with van der Waals surface area (Å²) < 4.78 is 0. The highest BCUT2D eigenvalue weighted by atomic mass is 32.1. The predicted octanol–water partition coefficient (Wildman–Crippen LogP) is 3.54. The highest BCUT2D eigenvalue weighted by Crippen LogP contribution is 2.04. The Morgan fingerprint density at radius 2 is 2.00 bits per heavy atom. The van der Waals surface area contributed by atoms with Crippen LogP contribution in [0.4, 0.5) is 5.69 Å². The molecule has 0 spiro atoms. The monoisotopic (exact) mass is 249 g/mol. The molecule has 0 heterocycles. The van der Waals surface area contributed by atoms with Crippen molar-refractivity contribution >= 4 is 28.7 Å². The molecule has 0 atom stereocenters. The maximum absolute atomic E-state index is 5.14. The number of para-hydroxylation sites is 1. The molecule has 17 heavy (non-hydrogen) atoms. The van der Waals surface area contributed by atoms with Gasteiger partial charge in [-0.3, -0.25) is 5.43 Å². The van der Waals surface area contributed by atoms with Crippen molar-refractivity contribution < 1.29 is 0 Å². The van der Waals surface area contributed by atoms with Gasteiger partial charge in [0.15, 0.2) is 5.11 Å². The Balaban J connectivity index is 2.35. The van der Waals surface area contributed by atoms with Crippen molar-refractivity contribution in [3.8, 4) is 0 Å². The molecule has 0 aliphatic carbocycles. The van der Waals surface area contributed by atoms with Gasteiger partial charge < -0.3 is 5.32 Å². The lowest BCUT2D eigenvalue weighted by atomic mass is 10.2. The molecule has 1 aromatic rings. The summed E-state index contributed by atoms with van der Waals surface area (Å²) in [6.07, 6.45) is 3.35. The number of unbranched alkanes of at least 4 members (excludes halogenated alkanes) is 1. The van der Waals surface area contributed by atoms with E-state index in [0.717, 1.165) is 24.2 Å². The molecule has 0 saturated heterocycles. The van der Waals surface area contributed by atoms with Crippen LogP contribution in [0.15, 0.2) is 35.4 Å². The van der Waals surface area contributed by atoms with E-state index < -0.39 is 0 Å². The summed E-state index contributed by atoms with van der Waals surface area (Å²) in [5.41, 5.74) is 4.89. The topological polar surface area (TPSA) is 36.4 Å². The van der Waals surface area contributed by atoms with Gasteiger partial charge in [-0.2, -0.15) is 5.10 Å². The minimum atomic E-state index is 0.520. The molecule has 0 fully saturated rings. The van der Waals surface area contributed by atoms with Gasteiger partial charge in [0.25, 0.3) is 0 Å². The smallest absolute Gasteiger partial charge is 0.191 e. The first kappa shape index (κ1) is 13.6. The van der Waals surface area contributed by atoms with E-state index in [1.165, 1.54) is 6.42 Å². The molecule has 1 aromatic carbocycles. The first-order valence-electron chi connectivity index (χ1n) is 5.87. The van der Waals surface area contributed by atoms with Gasteiger partial charge in [-0.05, 0) is 44.1 Å². The fourth-order valence-corrected chi connectivity index (χ4v) is 1.48. The molecule has 0 amide bonds. The van der Waals surface area contributed by atoms with E-state index in [2.05, 4.69) is 22.8 Å². The van der Waals surface area contributed by atoms with Crippen LogP contribution in [0.25, 0.3) is 0 Å². The normalized spacial score (nSPS) is 11.1. The molecule has 3 nitrogen and oxygen atoms in total. The van der Waals surface area contributed by atoms with Gasteiger partial charge in [0, 0.05) is 11.4 Å². The Kier molecular flexibility index (Phi) is 6.25. The van der Waals surface area contributed by atoms with Crippen LogP contribution in [-0.4, -0.2) is 10.8 Å². The van der Waals surface area contributed by atoms with Crippen LogP contribution in [0.5, 0.6) is 0 Å². The molecule has 4 heteroatoms. The average Bonchev–Trinajstić information content (AvgIpc) is 2.35. The number of benzene rings is 1. The largest absolute Gasteiger partial charge is 0.331 e. The quantitative estimate of drug-likeness (QED) is 0.476. The van der Waals surface area contributed by atoms with Crippen molar-refractivity contribution in [3.63, 3.8) is 0 Å². The standard InChI is InChI=1S/C13H19N3S/c1-3-4-8-11(2)15-16-13(17)14-12-9-6-5-7-10-12/h5-7,9-10H,3-4,8H2,1-2H3,(H2,14,16,17)/b15-11-. The van der Waals surface area contributed by atoms with Crippen LogP contribution >= 0.6 is 12.2 Å². The predicted molar refractivity (Wildman–Crippen MR) is 78.4 cm³/mol. The minimum Gasteiger partial charge on any atom is -0.331 e. The zero-order valence-electron chi connectivity index (χ0n) is 10.4. The number of nitrogens with one attached hydrogen (secondary N) is 2. The van der Waals surface area contributed by atoms with E-state index in [1.807, 2.05) is 37.3 Å². The summed E-state index contributed by atoms with van der Waals surface area (Å²) >= 11 is 5.14. The first-order chi connectivity index (χ1) is 8.22. The van der Waals surface area contributed by atoms with E-state index in [-0.39, 0.29) is 0 Å². The number of anilines is 1. The van der Waals surface area contributed by atoms with Crippen LogP contribution < -0.4 is 10.7 Å². The van der Waals surface area contributed by atoms with E-state index >= 15 is 0 Å². The molecule has 0 radical (unpaired) electrons. The molecule has 0 aliphatic heterocycles. The minimum absolute atomic E-state index is 0.520. The summed E-state index contributed by atoms with van der Waals surface area (Å²) in [6, 6.07) is 9.80. The van der Waals surface area contributed by atoms with Gasteiger partial charge in [-0.15, -0.1) is 0 Å². The Hall–Kier alpha value is -1.42. The number of nitrogens with zero attached hydrogens (tertiary/aromatic N) is 1. The molecule has 0 unspecified atom stereocenters. The Morgan fingerprint density at radius 1 is 1.29 bits per heavy atom. The zero-order chi connectivity index (χ0) is 12.5. The summed E-state index contributed by atoms with van der Waals surface area (Å²) in [6.45, 7) is 4.18. The maximum atomic E-state index is 5.14. The van der Waals surface area contributed by atoms with Gasteiger partial charge in [-0.25, -0.2) is 0 Å². The second-order valence-electron chi connectivity index (χ2n) is 3.88. The van der Waals surface area contributed by atoms with Crippen LogP contribution in [0, 0.1) is 0 Å². The number of rotatable bonds is 5. The number of hydrogen-bond acceptors (Lipinski definition) is 2. The van der Waals surface area contributed by atoms with Crippen molar-refractivity contribution in [1.82, 2.24) is 5.43 Å². The van der Waals surface area contributed by atoms with Crippen molar-refractivity contribution in [2.75, 3.05) is 5.32 Å². The molecular formula is C13H19N3S. The number of hydrazone groups is 1. The number of hydrogen-bond donors (Lipinski definition) is 2. The van der Waals surface area contributed by atoms with Crippen molar-refractivity contribution in [3.05, 3.63) is 30.3 Å². The summed E-state index contributed by atoms with van der Waals surface area (Å²) in [5, 5.41) is 7.81. The SMILES string of the molecule is CCCC/C(C)=N\NC(=S)Nc1ccccc1. The molecule has 0 aliphatic rings. The van der Waals surface area contributed by atoms with Crippen molar-refractivity contribution in [2.24, 2.45) is 5.10 Å². The Bertz CT molecular complexity index is 374. The summed E-state index contributed by atoms with van der Waals surface area (Å²) in [4.78, 5) is 0. The first-order valence-corrected chi connectivity index (χ1v) is 6.28. The molecule has 2 N–H and O–H groups in total. The van der Waals surface area contributed by atoms with Gasteiger partial charge in [0.05, 0.1) is 0 Å². The lowest BCUT2D eigenvalue weighted by Crippen LogP contribution is -2.24. The van der Waals surface area contributed by atoms with Crippen molar-refractivity contribution in [2.45, 2.75) is 33.1 Å². The number of thiocarbonyl (C=S) groups is 1. The fourth-order valence-electron chi connectivity index (χ4n) is 1.32. The van der Waals surface area contributed by atoms with Gasteiger partial charge in [0.2, 0.25) is 0 Å². The molecular weight excluding hydrogens is 230 g/mol. The third kappa shape index (κ3) is 6.02. The summed E-state index contributed by atoms with van der Waals surface area (Å²) in [5.74, 6) is 0. The zero-order valence-corrected chi connectivity index (χ0v) is 11.2. The van der Waals surface area contributed by atoms with E-state index in [9.17, 15) is 0 Å². The summed E-state index contributed by atoms with van der Waals surface area (Å²) in [7, 11) is 0. The fraction of sp³-hybridized carbons (Fsp3) is 0.385.